The molecule has 0 spiro atoms. The second-order valence-electron chi connectivity index (χ2n) is 5.98. The van der Waals surface area contributed by atoms with Crippen molar-refractivity contribution in [1.29, 1.82) is 0 Å². The number of nitrogens with zero attached hydrogens (tertiary/aromatic N) is 1. The minimum atomic E-state index is 0.511. The third-order valence-corrected chi connectivity index (χ3v) is 4.58. The SMILES string of the molecule is CCCCC[C@@H](C)N1C2CCCC1CC(=O)C2. The quantitative estimate of drug-likeness (QED) is 0.682. The molecule has 2 heterocycles. The molecule has 0 aromatic carbocycles. The van der Waals surface area contributed by atoms with Gasteiger partial charge < -0.3 is 0 Å². The van der Waals surface area contributed by atoms with Crippen LogP contribution in [0.5, 0.6) is 0 Å². The van der Waals surface area contributed by atoms with Crippen LogP contribution in [-0.4, -0.2) is 28.8 Å². The summed E-state index contributed by atoms with van der Waals surface area (Å²) < 4.78 is 0. The lowest BCUT2D eigenvalue weighted by atomic mass is 9.82. The van der Waals surface area contributed by atoms with Gasteiger partial charge in [0, 0.05) is 31.0 Å². The lowest BCUT2D eigenvalue weighted by Gasteiger charge is -2.48. The van der Waals surface area contributed by atoms with Gasteiger partial charge in [-0.15, -0.1) is 0 Å². The maximum atomic E-state index is 11.7. The van der Waals surface area contributed by atoms with Crippen molar-refractivity contribution in [2.45, 2.75) is 89.8 Å². The third-order valence-electron chi connectivity index (χ3n) is 4.58. The van der Waals surface area contributed by atoms with Crippen LogP contribution in [0.15, 0.2) is 0 Å². The molecule has 0 amide bonds. The predicted molar refractivity (Wildman–Crippen MR) is 71.1 cm³/mol. The number of ketones is 1. The maximum absolute atomic E-state index is 11.7. The number of unbranched alkanes of at least 4 members (excludes halogenated alkanes) is 2. The number of fused-ring (bicyclic) bond motifs is 2. The highest BCUT2D eigenvalue weighted by atomic mass is 16.1. The second kappa shape index (κ2) is 5.99. The van der Waals surface area contributed by atoms with E-state index in [9.17, 15) is 4.79 Å². The molecule has 2 aliphatic heterocycles. The predicted octanol–water partition coefficient (Wildman–Crippen LogP) is 3.54. The van der Waals surface area contributed by atoms with Gasteiger partial charge >= 0.3 is 0 Å². The van der Waals surface area contributed by atoms with E-state index in [1.807, 2.05) is 0 Å². The first-order valence-electron chi connectivity index (χ1n) is 7.51. The largest absolute Gasteiger partial charge is 0.300 e. The Morgan fingerprint density at radius 2 is 1.88 bits per heavy atom. The Labute approximate surface area is 106 Å². The molecule has 0 aromatic heterocycles. The van der Waals surface area contributed by atoms with Crippen molar-refractivity contribution in [3.63, 3.8) is 0 Å². The maximum Gasteiger partial charge on any atom is 0.136 e. The monoisotopic (exact) mass is 237 g/mol. The number of carbonyl (C=O) groups excluding carboxylic acids is 1. The number of hydrogen-bond donors (Lipinski definition) is 0. The normalized spacial score (nSPS) is 31.5. The highest BCUT2D eigenvalue weighted by Crippen LogP contribution is 2.34. The van der Waals surface area contributed by atoms with Gasteiger partial charge in [-0.2, -0.15) is 0 Å². The summed E-state index contributed by atoms with van der Waals surface area (Å²) in [6, 6.07) is 1.84. The van der Waals surface area contributed by atoms with Crippen LogP contribution in [0.4, 0.5) is 0 Å². The molecule has 98 valence electrons. The summed E-state index contributed by atoms with van der Waals surface area (Å²) in [5.74, 6) is 0.511. The fourth-order valence-electron chi connectivity index (χ4n) is 3.77. The summed E-state index contributed by atoms with van der Waals surface area (Å²) >= 11 is 0. The Kier molecular flexibility index (Phi) is 4.61. The van der Waals surface area contributed by atoms with Crippen LogP contribution in [0, 0.1) is 0 Å². The number of Topliss-reactive ketones (excluding diaryl/α,β-unsaturated/α-hetero) is 1. The topological polar surface area (TPSA) is 20.3 Å². The molecule has 0 radical (unpaired) electrons. The number of piperidine rings is 2. The molecule has 2 fully saturated rings. The second-order valence-corrected chi connectivity index (χ2v) is 5.98. The fourth-order valence-corrected chi connectivity index (χ4v) is 3.77. The zero-order chi connectivity index (χ0) is 12.3. The molecular weight excluding hydrogens is 210 g/mol. The van der Waals surface area contributed by atoms with Crippen molar-refractivity contribution in [1.82, 2.24) is 4.90 Å². The van der Waals surface area contributed by atoms with E-state index in [2.05, 4.69) is 18.7 Å². The highest BCUT2D eigenvalue weighted by Gasteiger charge is 2.39. The summed E-state index contributed by atoms with van der Waals surface area (Å²) in [5, 5.41) is 0. The van der Waals surface area contributed by atoms with E-state index >= 15 is 0 Å². The molecule has 2 aliphatic rings. The number of rotatable bonds is 5. The molecule has 0 N–H and O–H groups in total. The smallest absolute Gasteiger partial charge is 0.136 e. The Morgan fingerprint density at radius 3 is 2.47 bits per heavy atom. The standard InChI is InChI=1S/C15H27NO/c1-3-4-5-7-12(2)16-13-8-6-9-14(16)11-15(17)10-13/h12-14H,3-11H2,1-2H3/t12-,13?,14?/m1/s1. The van der Waals surface area contributed by atoms with Gasteiger partial charge in [-0.3, -0.25) is 9.69 Å². The van der Waals surface area contributed by atoms with E-state index in [1.54, 1.807) is 0 Å². The van der Waals surface area contributed by atoms with Crippen LogP contribution in [0.3, 0.4) is 0 Å². The zero-order valence-corrected chi connectivity index (χ0v) is 11.5. The summed E-state index contributed by atoms with van der Waals surface area (Å²) in [4.78, 5) is 14.4. The van der Waals surface area contributed by atoms with Gasteiger partial charge in [-0.05, 0) is 26.2 Å². The lowest BCUT2D eigenvalue weighted by Crippen LogP contribution is -2.55. The van der Waals surface area contributed by atoms with Gasteiger partial charge in [-0.25, -0.2) is 0 Å². The van der Waals surface area contributed by atoms with Crippen LogP contribution >= 0.6 is 0 Å². The molecule has 2 bridgehead atoms. The first kappa shape index (κ1) is 13.1. The van der Waals surface area contributed by atoms with Crippen molar-refractivity contribution in [3.8, 4) is 0 Å². The molecule has 2 unspecified atom stereocenters. The fraction of sp³-hybridized carbons (Fsp3) is 0.933. The molecule has 0 aliphatic carbocycles. The minimum absolute atomic E-state index is 0.511. The molecule has 2 heteroatoms. The van der Waals surface area contributed by atoms with Gasteiger partial charge in [0.2, 0.25) is 0 Å². The Balaban J connectivity index is 1.92. The Bertz CT molecular complexity index is 248. The van der Waals surface area contributed by atoms with Crippen LogP contribution in [-0.2, 0) is 4.79 Å². The van der Waals surface area contributed by atoms with Crippen LogP contribution in [0.1, 0.15) is 71.6 Å². The molecular formula is C15H27NO. The van der Waals surface area contributed by atoms with E-state index in [0.717, 1.165) is 12.8 Å². The van der Waals surface area contributed by atoms with Crippen molar-refractivity contribution < 1.29 is 4.79 Å². The average Bonchev–Trinajstić information content (AvgIpc) is 2.27. The van der Waals surface area contributed by atoms with Crippen molar-refractivity contribution in [2.24, 2.45) is 0 Å². The van der Waals surface area contributed by atoms with Gasteiger partial charge in [0.05, 0.1) is 0 Å². The molecule has 3 atom stereocenters. The van der Waals surface area contributed by atoms with Crippen LogP contribution < -0.4 is 0 Å². The van der Waals surface area contributed by atoms with Gasteiger partial charge in [0.15, 0.2) is 0 Å². The van der Waals surface area contributed by atoms with Gasteiger partial charge in [-0.1, -0.05) is 32.6 Å². The third kappa shape index (κ3) is 3.09. The molecule has 0 saturated carbocycles. The van der Waals surface area contributed by atoms with Gasteiger partial charge in [0.25, 0.3) is 0 Å². The number of hydrogen-bond acceptors (Lipinski definition) is 2. The van der Waals surface area contributed by atoms with Crippen LogP contribution in [0.2, 0.25) is 0 Å². The molecule has 2 saturated heterocycles. The minimum Gasteiger partial charge on any atom is -0.300 e. The van der Waals surface area contributed by atoms with E-state index in [0.29, 0.717) is 23.9 Å². The summed E-state index contributed by atoms with van der Waals surface area (Å²) in [5.41, 5.74) is 0. The van der Waals surface area contributed by atoms with Crippen molar-refractivity contribution in [3.05, 3.63) is 0 Å². The van der Waals surface area contributed by atoms with Crippen molar-refractivity contribution in [2.75, 3.05) is 0 Å². The number of carbonyl (C=O) groups is 1. The van der Waals surface area contributed by atoms with Crippen LogP contribution in [0.25, 0.3) is 0 Å². The highest BCUT2D eigenvalue weighted by molar-refractivity contribution is 5.80. The molecule has 17 heavy (non-hydrogen) atoms. The molecule has 2 nitrogen and oxygen atoms in total. The lowest BCUT2D eigenvalue weighted by molar-refractivity contribution is -0.128. The van der Waals surface area contributed by atoms with E-state index in [4.69, 9.17) is 0 Å². The summed E-state index contributed by atoms with van der Waals surface area (Å²) in [7, 11) is 0. The van der Waals surface area contributed by atoms with E-state index < -0.39 is 0 Å². The Morgan fingerprint density at radius 1 is 1.24 bits per heavy atom. The van der Waals surface area contributed by atoms with Gasteiger partial charge in [0.1, 0.15) is 5.78 Å². The zero-order valence-electron chi connectivity index (χ0n) is 11.5. The molecule has 2 rings (SSSR count). The van der Waals surface area contributed by atoms with E-state index in [1.165, 1.54) is 44.9 Å². The van der Waals surface area contributed by atoms with Crippen molar-refractivity contribution >= 4 is 5.78 Å². The Hall–Kier alpha value is -0.370. The first-order chi connectivity index (χ1) is 8.22. The average molecular weight is 237 g/mol. The van der Waals surface area contributed by atoms with E-state index in [-0.39, 0.29) is 0 Å². The molecule has 0 aromatic rings. The first-order valence-corrected chi connectivity index (χ1v) is 7.51. The summed E-state index contributed by atoms with van der Waals surface area (Å²) in [6.45, 7) is 4.63. The summed E-state index contributed by atoms with van der Waals surface area (Å²) in [6.07, 6.45) is 10.8.